The second-order valence-corrected chi connectivity index (χ2v) is 6.61. The van der Waals surface area contributed by atoms with E-state index in [2.05, 4.69) is 19.5 Å². The molecule has 12 nitrogen and oxygen atoms in total. The number of anilines is 1. The number of aromatic nitrogens is 4. The standard InChI is InChI=1S/C11H16N5O7P/c1-4-13-8-9(14-11(12)15-10(8)18)16(4)7-2-5(17)6(23-7)3-22-24(19,20)21/h5-7,17H,2-3H2,1H3,(H2,19,20,21)(H3,12,14,15,18)/t5-,6+,7+/m0/s1. The van der Waals surface area contributed by atoms with Crippen LogP contribution in [0.5, 0.6) is 0 Å². The van der Waals surface area contributed by atoms with Gasteiger partial charge >= 0.3 is 7.82 Å². The van der Waals surface area contributed by atoms with E-state index in [4.69, 9.17) is 20.3 Å². The van der Waals surface area contributed by atoms with Crippen molar-refractivity contribution in [1.82, 2.24) is 19.5 Å². The molecule has 2 aromatic rings. The number of aryl methyl sites for hydroxylation is 1. The van der Waals surface area contributed by atoms with Crippen LogP contribution < -0.4 is 11.3 Å². The van der Waals surface area contributed by atoms with Crippen LogP contribution in [0.3, 0.4) is 0 Å². The van der Waals surface area contributed by atoms with Crippen LogP contribution in [-0.4, -0.2) is 53.2 Å². The number of fused-ring (bicyclic) bond motifs is 1. The number of ether oxygens (including phenoxy) is 1. The Morgan fingerprint density at radius 1 is 1.50 bits per heavy atom. The van der Waals surface area contributed by atoms with Crippen LogP contribution in [0.15, 0.2) is 4.79 Å². The number of aliphatic hydroxyl groups excluding tert-OH is 1. The van der Waals surface area contributed by atoms with Crippen molar-refractivity contribution in [2.45, 2.75) is 31.8 Å². The minimum absolute atomic E-state index is 0.0784. The Morgan fingerprint density at radius 2 is 2.21 bits per heavy atom. The van der Waals surface area contributed by atoms with Gasteiger partial charge in [-0.25, -0.2) is 9.55 Å². The highest BCUT2D eigenvalue weighted by Gasteiger charge is 2.38. The molecule has 3 rings (SSSR count). The summed E-state index contributed by atoms with van der Waals surface area (Å²) in [4.78, 5) is 39.8. The van der Waals surface area contributed by atoms with Crippen LogP contribution in [0.1, 0.15) is 18.5 Å². The second kappa shape index (κ2) is 5.92. The van der Waals surface area contributed by atoms with Crippen LogP contribution in [0, 0.1) is 6.92 Å². The summed E-state index contributed by atoms with van der Waals surface area (Å²) in [6.07, 6.45) is -2.59. The Hall–Kier alpha value is -1.82. The lowest BCUT2D eigenvalue weighted by molar-refractivity contribution is -0.0430. The molecule has 0 spiro atoms. The Labute approximate surface area is 134 Å². The number of nitrogen functional groups attached to an aromatic ring is 1. The van der Waals surface area contributed by atoms with Gasteiger partial charge in [0.2, 0.25) is 5.95 Å². The van der Waals surface area contributed by atoms with E-state index >= 15 is 0 Å². The van der Waals surface area contributed by atoms with Crippen molar-refractivity contribution in [2.75, 3.05) is 12.3 Å². The van der Waals surface area contributed by atoms with Crippen molar-refractivity contribution < 1.29 is 28.7 Å². The third-order valence-corrected chi connectivity index (χ3v) is 4.13. The largest absolute Gasteiger partial charge is 0.469 e. The quantitative estimate of drug-likeness (QED) is 0.413. The Balaban J connectivity index is 1.90. The summed E-state index contributed by atoms with van der Waals surface area (Å²) in [5.41, 5.74) is 5.32. The molecule has 0 radical (unpaired) electrons. The first-order chi connectivity index (χ1) is 11.2. The molecule has 1 aliphatic heterocycles. The molecule has 3 heterocycles. The maximum Gasteiger partial charge on any atom is 0.469 e. The van der Waals surface area contributed by atoms with E-state index in [9.17, 15) is 14.5 Å². The van der Waals surface area contributed by atoms with Crippen LogP contribution in [0.25, 0.3) is 11.2 Å². The number of phosphoric acid groups is 1. The molecule has 24 heavy (non-hydrogen) atoms. The molecule has 3 atom stereocenters. The van der Waals surface area contributed by atoms with E-state index in [1.807, 2.05) is 0 Å². The van der Waals surface area contributed by atoms with Gasteiger partial charge in [0.1, 0.15) is 18.2 Å². The zero-order valence-electron chi connectivity index (χ0n) is 12.5. The number of rotatable bonds is 4. The summed E-state index contributed by atoms with van der Waals surface area (Å²) in [5, 5.41) is 10.0. The van der Waals surface area contributed by atoms with Crippen LogP contribution in [-0.2, 0) is 13.8 Å². The number of aliphatic hydroxyl groups is 1. The molecule has 0 saturated carbocycles. The Morgan fingerprint density at radius 3 is 2.88 bits per heavy atom. The number of phosphoric ester groups is 1. The zero-order chi connectivity index (χ0) is 17.6. The average molecular weight is 361 g/mol. The molecule has 1 fully saturated rings. The van der Waals surface area contributed by atoms with Gasteiger partial charge in [-0.3, -0.25) is 18.9 Å². The third kappa shape index (κ3) is 3.20. The predicted molar refractivity (Wildman–Crippen MR) is 79.8 cm³/mol. The van der Waals surface area contributed by atoms with Gasteiger partial charge in [0.25, 0.3) is 5.56 Å². The molecule has 0 bridgehead atoms. The zero-order valence-corrected chi connectivity index (χ0v) is 13.4. The number of nitrogens with zero attached hydrogens (tertiary/aromatic N) is 3. The second-order valence-electron chi connectivity index (χ2n) is 5.37. The van der Waals surface area contributed by atoms with E-state index < -0.39 is 38.4 Å². The lowest BCUT2D eigenvalue weighted by Gasteiger charge is -2.17. The molecule has 0 aromatic carbocycles. The Bertz CT molecular complexity index is 874. The maximum absolute atomic E-state index is 11.9. The van der Waals surface area contributed by atoms with Gasteiger partial charge in [0, 0.05) is 6.42 Å². The van der Waals surface area contributed by atoms with Crippen molar-refractivity contribution in [3.63, 3.8) is 0 Å². The van der Waals surface area contributed by atoms with Gasteiger partial charge < -0.3 is 25.4 Å². The molecule has 0 aliphatic carbocycles. The minimum Gasteiger partial charge on any atom is -0.390 e. The van der Waals surface area contributed by atoms with Crippen molar-refractivity contribution in [2.24, 2.45) is 0 Å². The molecule has 13 heteroatoms. The molecule has 0 unspecified atom stereocenters. The molecule has 1 saturated heterocycles. The number of H-pyrrole nitrogens is 1. The monoisotopic (exact) mass is 361 g/mol. The van der Waals surface area contributed by atoms with E-state index in [1.165, 1.54) is 4.57 Å². The number of nitrogens with two attached hydrogens (primary N) is 1. The van der Waals surface area contributed by atoms with Crippen molar-refractivity contribution in [1.29, 1.82) is 0 Å². The third-order valence-electron chi connectivity index (χ3n) is 3.64. The fourth-order valence-electron chi connectivity index (χ4n) is 2.65. The molecular weight excluding hydrogens is 345 g/mol. The van der Waals surface area contributed by atoms with Gasteiger partial charge in [0.15, 0.2) is 11.2 Å². The summed E-state index contributed by atoms with van der Waals surface area (Å²) in [7, 11) is -4.67. The van der Waals surface area contributed by atoms with Crippen molar-refractivity contribution in [3.8, 4) is 0 Å². The smallest absolute Gasteiger partial charge is 0.390 e. The van der Waals surface area contributed by atoms with E-state index in [0.717, 1.165) is 0 Å². The molecule has 132 valence electrons. The fourth-order valence-corrected chi connectivity index (χ4v) is 2.99. The number of aromatic amines is 1. The van der Waals surface area contributed by atoms with Crippen LogP contribution in [0.2, 0.25) is 0 Å². The first kappa shape index (κ1) is 17.0. The van der Waals surface area contributed by atoms with Gasteiger partial charge in [-0.2, -0.15) is 4.98 Å². The average Bonchev–Trinajstić information content (AvgIpc) is 2.96. The number of imidazole rings is 1. The lowest BCUT2D eigenvalue weighted by Crippen LogP contribution is -2.26. The van der Waals surface area contributed by atoms with E-state index in [1.54, 1.807) is 6.92 Å². The van der Waals surface area contributed by atoms with Gasteiger partial charge in [-0.1, -0.05) is 0 Å². The summed E-state index contributed by atoms with van der Waals surface area (Å²) in [6, 6.07) is 0. The molecular formula is C11H16N5O7P. The van der Waals surface area contributed by atoms with Crippen LogP contribution >= 0.6 is 7.82 Å². The molecule has 0 amide bonds. The van der Waals surface area contributed by atoms with E-state index in [-0.39, 0.29) is 23.5 Å². The first-order valence-electron chi connectivity index (χ1n) is 6.93. The van der Waals surface area contributed by atoms with Crippen LogP contribution in [0.4, 0.5) is 5.95 Å². The summed E-state index contributed by atoms with van der Waals surface area (Å²) in [5.74, 6) is 0.330. The first-order valence-corrected chi connectivity index (χ1v) is 8.46. The summed E-state index contributed by atoms with van der Waals surface area (Å²) >= 11 is 0. The number of hydrogen-bond donors (Lipinski definition) is 5. The SMILES string of the molecule is Cc1nc2c(=O)[nH]c(N)nc2n1[C@H]1C[C@H](O)[C@@H](COP(=O)(O)O)O1. The fraction of sp³-hybridized carbons (Fsp3) is 0.545. The predicted octanol–water partition coefficient (Wildman–Crippen LogP) is -1.23. The number of nitrogens with one attached hydrogen (secondary N) is 1. The van der Waals surface area contributed by atoms with Crippen molar-refractivity contribution >= 4 is 24.9 Å². The summed E-state index contributed by atoms with van der Waals surface area (Å²) < 4.78 is 22.2. The molecule has 2 aromatic heterocycles. The Kier molecular flexibility index (Phi) is 4.20. The topological polar surface area (TPSA) is 186 Å². The molecule has 6 N–H and O–H groups in total. The maximum atomic E-state index is 11.9. The minimum atomic E-state index is -4.67. The lowest BCUT2D eigenvalue weighted by atomic mass is 10.2. The number of hydrogen-bond acceptors (Lipinski definition) is 8. The normalized spacial score (nSPS) is 24.8. The highest BCUT2D eigenvalue weighted by molar-refractivity contribution is 7.46. The molecule has 1 aliphatic rings. The highest BCUT2D eigenvalue weighted by atomic mass is 31.2. The van der Waals surface area contributed by atoms with Gasteiger partial charge in [-0.15, -0.1) is 0 Å². The highest BCUT2D eigenvalue weighted by Crippen LogP contribution is 2.38. The summed E-state index contributed by atoms with van der Waals surface area (Å²) in [6.45, 7) is 1.15. The van der Waals surface area contributed by atoms with Gasteiger partial charge in [0.05, 0.1) is 12.7 Å². The van der Waals surface area contributed by atoms with Gasteiger partial charge in [-0.05, 0) is 6.92 Å². The van der Waals surface area contributed by atoms with E-state index in [0.29, 0.717) is 5.82 Å². The van der Waals surface area contributed by atoms with Crippen molar-refractivity contribution in [3.05, 3.63) is 16.2 Å².